The van der Waals surface area contributed by atoms with Gasteiger partial charge >= 0.3 is 0 Å². The van der Waals surface area contributed by atoms with Crippen LogP contribution in [0.4, 0.5) is 5.69 Å². The van der Waals surface area contributed by atoms with Crippen molar-refractivity contribution in [1.29, 1.82) is 5.41 Å². The van der Waals surface area contributed by atoms with Gasteiger partial charge in [0.05, 0.1) is 7.11 Å². The van der Waals surface area contributed by atoms with Gasteiger partial charge in [-0.2, -0.15) is 0 Å². The first-order valence-electron chi connectivity index (χ1n) is 11.5. The van der Waals surface area contributed by atoms with Gasteiger partial charge in [0.25, 0.3) is 0 Å². The van der Waals surface area contributed by atoms with Crippen LogP contribution in [0.25, 0.3) is 5.76 Å². The van der Waals surface area contributed by atoms with E-state index in [-0.39, 0.29) is 17.4 Å². The molecule has 2 aliphatic rings. The third kappa shape index (κ3) is 4.13. The predicted molar refractivity (Wildman–Crippen MR) is 139 cm³/mol. The fourth-order valence-electron chi connectivity index (χ4n) is 4.97. The van der Waals surface area contributed by atoms with Crippen LogP contribution in [0.15, 0.2) is 95.7 Å². The fraction of sp³-hybridized carbons (Fsp3) is 0.172. The van der Waals surface area contributed by atoms with Gasteiger partial charge in [-0.3, -0.25) is 15.1 Å². The minimum absolute atomic E-state index is 0.0200. The summed E-state index contributed by atoms with van der Waals surface area (Å²) in [6, 6.07) is 23.9. The molecule has 0 spiro atoms. The smallest absolute Gasteiger partial charge is 0.161 e. The van der Waals surface area contributed by atoms with E-state index in [4.69, 9.17) is 16.3 Å². The molecule has 0 unspecified atom stereocenters. The molecule has 1 aliphatic carbocycles. The number of anilines is 1. The van der Waals surface area contributed by atoms with Gasteiger partial charge in [0.1, 0.15) is 17.3 Å². The fourth-order valence-corrected chi connectivity index (χ4v) is 5.16. The summed E-state index contributed by atoms with van der Waals surface area (Å²) in [5.41, 5.74) is 3.89. The second kappa shape index (κ2) is 9.43. The zero-order valence-electron chi connectivity index (χ0n) is 19.3. The Labute approximate surface area is 209 Å². The molecule has 3 aromatic carbocycles. The second-order valence-electron chi connectivity index (χ2n) is 8.64. The van der Waals surface area contributed by atoms with Crippen molar-refractivity contribution >= 4 is 34.7 Å². The number of halogens is 1. The van der Waals surface area contributed by atoms with Gasteiger partial charge < -0.3 is 9.84 Å². The molecule has 0 amide bonds. The molecule has 0 saturated carbocycles. The number of carbonyl (C=O) groups is 1. The number of hydrogen-bond donors (Lipinski definition) is 2. The minimum Gasteiger partial charge on any atom is -0.507 e. The summed E-state index contributed by atoms with van der Waals surface area (Å²) < 4.78 is 5.33. The Kier molecular flexibility index (Phi) is 6.18. The van der Waals surface area contributed by atoms with Crippen LogP contribution in [0.5, 0.6) is 5.75 Å². The van der Waals surface area contributed by atoms with Gasteiger partial charge in [-0.15, -0.1) is 0 Å². The zero-order valence-corrected chi connectivity index (χ0v) is 20.0. The third-order valence-electron chi connectivity index (χ3n) is 6.57. The quantitative estimate of drug-likeness (QED) is 0.395. The van der Waals surface area contributed by atoms with Crippen molar-refractivity contribution in [1.82, 2.24) is 0 Å². The molecule has 0 radical (unpaired) electrons. The van der Waals surface area contributed by atoms with Crippen molar-refractivity contribution in [2.24, 2.45) is 0 Å². The van der Waals surface area contributed by atoms with E-state index in [9.17, 15) is 15.3 Å². The number of ether oxygens (including phenoxy) is 1. The predicted octanol–water partition coefficient (Wildman–Crippen LogP) is 6.91. The molecule has 0 fully saturated rings. The Morgan fingerprint density at radius 1 is 1.03 bits per heavy atom. The Balaban J connectivity index is 1.82. The number of aliphatic hydroxyl groups excluding tert-OH is 1. The van der Waals surface area contributed by atoms with Crippen molar-refractivity contribution in [3.8, 4) is 5.75 Å². The number of rotatable bonds is 4. The first-order chi connectivity index (χ1) is 17.0. The van der Waals surface area contributed by atoms with Crippen LogP contribution < -0.4 is 9.64 Å². The summed E-state index contributed by atoms with van der Waals surface area (Å²) in [4.78, 5) is 15.3. The number of amidine groups is 1. The van der Waals surface area contributed by atoms with Crippen LogP contribution in [0.3, 0.4) is 0 Å². The van der Waals surface area contributed by atoms with E-state index in [2.05, 4.69) is 0 Å². The number of ketones is 1. The van der Waals surface area contributed by atoms with Crippen molar-refractivity contribution in [3.05, 3.63) is 112 Å². The summed E-state index contributed by atoms with van der Waals surface area (Å²) in [6.45, 7) is 0. The first-order valence-corrected chi connectivity index (χ1v) is 11.9. The Hall–Kier alpha value is -3.83. The molecule has 1 aliphatic heterocycles. The van der Waals surface area contributed by atoms with Crippen molar-refractivity contribution in [3.63, 3.8) is 0 Å². The Bertz CT molecular complexity index is 1360. The zero-order chi connectivity index (χ0) is 24.5. The van der Waals surface area contributed by atoms with Crippen LogP contribution in [-0.2, 0) is 4.79 Å². The van der Waals surface area contributed by atoms with Gasteiger partial charge in [0.2, 0.25) is 0 Å². The number of methoxy groups -OCH3 is 1. The average Bonchev–Trinajstić information content (AvgIpc) is 2.88. The van der Waals surface area contributed by atoms with Crippen LogP contribution in [0.1, 0.15) is 36.3 Å². The van der Waals surface area contributed by atoms with Gasteiger partial charge in [0.15, 0.2) is 5.78 Å². The van der Waals surface area contributed by atoms with E-state index in [0.29, 0.717) is 52.4 Å². The molecule has 5 rings (SSSR count). The van der Waals surface area contributed by atoms with E-state index in [1.54, 1.807) is 36.3 Å². The summed E-state index contributed by atoms with van der Waals surface area (Å²) >= 11 is 6.31. The van der Waals surface area contributed by atoms with Crippen molar-refractivity contribution in [2.45, 2.75) is 25.2 Å². The van der Waals surface area contributed by atoms with E-state index < -0.39 is 5.92 Å². The molecule has 1 heterocycles. The Morgan fingerprint density at radius 3 is 2.46 bits per heavy atom. The van der Waals surface area contributed by atoms with E-state index in [1.165, 1.54) is 0 Å². The Morgan fingerprint density at radius 2 is 1.77 bits per heavy atom. The van der Waals surface area contributed by atoms with Gasteiger partial charge in [-0.25, -0.2) is 0 Å². The average molecular weight is 485 g/mol. The first kappa shape index (κ1) is 22.9. The number of allylic oxidation sites excluding steroid dienone is 2. The summed E-state index contributed by atoms with van der Waals surface area (Å²) in [7, 11) is 1.60. The van der Waals surface area contributed by atoms with E-state index in [0.717, 1.165) is 11.3 Å². The third-order valence-corrected chi connectivity index (χ3v) is 6.81. The number of hydrogen-bond acceptors (Lipinski definition) is 4. The number of nitrogens with zero attached hydrogens (tertiary/aromatic N) is 1. The second-order valence-corrected chi connectivity index (χ2v) is 9.07. The van der Waals surface area contributed by atoms with Crippen LogP contribution >= 0.6 is 11.6 Å². The number of benzene rings is 3. The molecule has 3 aromatic rings. The molecule has 0 saturated heterocycles. The highest BCUT2D eigenvalue weighted by Crippen LogP contribution is 2.48. The molecule has 0 bridgehead atoms. The number of Topliss-reactive ketones (excluding diaryl/α,β-unsaturated/α-hetero) is 1. The van der Waals surface area contributed by atoms with Gasteiger partial charge in [0, 0.05) is 45.5 Å². The molecule has 6 heteroatoms. The summed E-state index contributed by atoms with van der Waals surface area (Å²) in [5, 5.41) is 21.4. The van der Waals surface area contributed by atoms with Gasteiger partial charge in [-0.1, -0.05) is 60.1 Å². The maximum Gasteiger partial charge on any atom is 0.161 e. The van der Waals surface area contributed by atoms with E-state index in [1.807, 2.05) is 54.6 Å². The molecule has 2 N–H and O–H groups in total. The molecule has 0 aromatic heterocycles. The van der Waals surface area contributed by atoms with Gasteiger partial charge in [-0.05, 0) is 48.7 Å². The number of nitrogens with one attached hydrogen (secondary N) is 1. The van der Waals surface area contributed by atoms with Crippen LogP contribution in [0, 0.1) is 5.41 Å². The highest BCUT2D eigenvalue weighted by atomic mass is 35.5. The molecular weight excluding hydrogens is 460 g/mol. The number of carbonyl (C=O) groups excluding carboxylic acids is 1. The van der Waals surface area contributed by atoms with Crippen LogP contribution in [0.2, 0.25) is 5.02 Å². The molecular formula is C29H25ClN2O3. The topological polar surface area (TPSA) is 73.6 Å². The highest BCUT2D eigenvalue weighted by Gasteiger charge is 2.43. The molecule has 35 heavy (non-hydrogen) atoms. The SMILES string of the molecule is COc1ccc([C@@H]2C3=C(CCCC3=O)N(c3cccc(Cl)c3)C(=N)/C2=C(/O)c2ccccc2)cc1. The summed E-state index contributed by atoms with van der Waals surface area (Å²) in [6.07, 6.45) is 1.80. The molecule has 1 atom stereocenters. The lowest BCUT2D eigenvalue weighted by molar-refractivity contribution is -0.116. The maximum atomic E-state index is 13.5. The van der Waals surface area contributed by atoms with E-state index >= 15 is 0 Å². The lowest BCUT2D eigenvalue weighted by Crippen LogP contribution is -2.42. The minimum atomic E-state index is -0.577. The molecule has 5 nitrogen and oxygen atoms in total. The number of aliphatic hydroxyl groups is 1. The summed E-state index contributed by atoms with van der Waals surface area (Å²) in [5.74, 6) is 0.259. The largest absolute Gasteiger partial charge is 0.507 e. The van der Waals surface area contributed by atoms with Crippen molar-refractivity contribution < 1.29 is 14.6 Å². The van der Waals surface area contributed by atoms with Crippen molar-refractivity contribution in [2.75, 3.05) is 12.0 Å². The standard InChI is InChI=1S/C29H25ClN2O3/c1-35-22-15-13-18(14-16-22)25-26-23(11-6-12-24(26)33)32(21-10-5-9-20(30)17-21)29(31)27(25)28(34)19-7-3-2-4-8-19/h2-5,7-10,13-17,25,31,34H,6,11-12H2,1H3/b28-27+,31-29?/t25-/m1/s1. The lowest BCUT2D eigenvalue weighted by Gasteiger charge is -2.41. The van der Waals surface area contributed by atoms with Crippen LogP contribution in [-0.4, -0.2) is 23.8 Å². The lowest BCUT2D eigenvalue weighted by atomic mass is 9.73. The monoisotopic (exact) mass is 484 g/mol. The highest BCUT2D eigenvalue weighted by molar-refractivity contribution is 6.31. The molecule has 176 valence electrons. The normalized spacial score (nSPS) is 19.5. The maximum absolute atomic E-state index is 13.5.